The number of carbonyl (C=O) groups excluding carboxylic acids is 2. The standard InChI is InChI=1S/C27H34BrClN6O3/c1-17(2)35(26(37)38-27(3,4)5)16-21(18-6-8-19(29)9-7-18)25(36)34-12-10-33(11-13-34)23-20-14-31-32-24(20)30-15-22(23)28/h6-9,14-15,17,21H,10-13,16H2,1-5H3,(H,30,31,32). The lowest BCUT2D eigenvalue weighted by Crippen LogP contribution is -2.52. The Morgan fingerprint density at radius 1 is 1.13 bits per heavy atom. The highest BCUT2D eigenvalue weighted by Gasteiger charge is 2.34. The third-order valence-corrected chi connectivity index (χ3v) is 7.35. The SMILES string of the molecule is CC(C)N(CC(C(=O)N1CCN(c2c(Br)cnc3[nH]ncc23)CC1)c1ccc(Cl)cc1)C(=O)OC(C)(C)C. The zero-order valence-corrected chi connectivity index (χ0v) is 24.7. The van der Waals surface area contributed by atoms with Crippen LogP contribution in [0.5, 0.6) is 0 Å². The van der Waals surface area contributed by atoms with Gasteiger partial charge in [-0.1, -0.05) is 23.7 Å². The predicted molar refractivity (Wildman–Crippen MR) is 153 cm³/mol. The third kappa shape index (κ3) is 6.40. The molecule has 9 nitrogen and oxygen atoms in total. The van der Waals surface area contributed by atoms with Gasteiger partial charge in [-0.2, -0.15) is 5.10 Å². The summed E-state index contributed by atoms with van der Waals surface area (Å²) >= 11 is 9.77. The van der Waals surface area contributed by atoms with Gasteiger partial charge in [-0.15, -0.1) is 0 Å². The van der Waals surface area contributed by atoms with E-state index in [1.807, 2.05) is 51.7 Å². The molecule has 1 fully saturated rings. The molecule has 1 N–H and O–H groups in total. The smallest absolute Gasteiger partial charge is 0.410 e. The van der Waals surface area contributed by atoms with Gasteiger partial charge in [-0.05, 0) is 68.2 Å². The van der Waals surface area contributed by atoms with Crippen LogP contribution >= 0.6 is 27.5 Å². The van der Waals surface area contributed by atoms with Crippen molar-refractivity contribution in [3.8, 4) is 0 Å². The number of hydrogen-bond acceptors (Lipinski definition) is 6. The van der Waals surface area contributed by atoms with Crippen LogP contribution in [-0.2, 0) is 9.53 Å². The summed E-state index contributed by atoms with van der Waals surface area (Å²) in [6.07, 6.45) is 3.10. The molecule has 1 aliphatic rings. The minimum absolute atomic E-state index is 0.0246. The number of ether oxygens (including phenoxy) is 1. The molecule has 204 valence electrons. The van der Waals surface area contributed by atoms with Gasteiger partial charge in [0.25, 0.3) is 0 Å². The van der Waals surface area contributed by atoms with Crippen molar-refractivity contribution in [3.05, 3.63) is 51.7 Å². The number of rotatable bonds is 6. The fourth-order valence-corrected chi connectivity index (χ4v) is 5.28. The number of aromatic amines is 1. The van der Waals surface area contributed by atoms with Gasteiger partial charge >= 0.3 is 6.09 Å². The number of halogens is 2. The molecule has 0 aliphatic carbocycles. The number of benzene rings is 1. The number of nitrogens with one attached hydrogen (secondary N) is 1. The molecule has 11 heteroatoms. The van der Waals surface area contributed by atoms with Gasteiger partial charge in [0.1, 0.15) is 5.60 Å². The van der Waals surface area contributed by atoms with Gasteiger partial charge in [-0.25, -0.2) is 9.78 Å². The summed E-state index contributed by atoms with van der Waals surface area (Å²) in [4.78, 5) is 37.2. The molecule has 2 aromatic heterocycles. The van der Waals surface area contributed by atoms with Crippen molar-refractivity contribution >= 4 is 56.3 Å². The van der Waals surface area contributed by atoms with E-state index in [0.717, 1.165) is 26.8 Å². The summed E-state index contributed by atoms with van der Waals surface area (Å²) < 4.78 is 6.55. The number of piperazine rings is 1. The molecular weight excluding hydrogens is 572 g/mol. The molecule has 1 saturated heterocycles. The van der Waals surface area contributed by atoms with E-state index in [-0.39, 0.29) is 18.5 Å². The van der Waals surface area contributed by atoms with Crippen molar-refractivity contribution in [2.45, 2.75) is 52.2 Å². The highest BCUT2D eigenvalue weighted by atomic mass is 79.9. The Bertz CT molecular complexity index is 1280. The molecule has 3 heterocycles. The Morgan fingerprint density at radius 3 is 2.39 bits per heavy atom. The van der Waals surface area contributed by atoms with Crippen LogP contribution < -0.4 is 4.90 Å². The predicted octanol–water partition coefficient (Wildman–Crippen LogP) is 5.45. The van der Waals surface area contributed by atoms with Crippen LogP contribution in [0.15, 0.2) is 41.1 Å². The van der Waals surface area contributed by atoms with Crippen molar-refractivity contribution in [1.82, 2.24) is 25.0 Å². The number of pyridine rings is 1. The lowest BCUT2D eigenvalue weighted by molar-refractivity contribution is -0.133. The lowest BCUT2D eigenvalue weighted by atomic mass is 9.96. The second-order valence-electron chi connectivity index (χ2n) is 10.7. The van der Waals surface area contributed by atoms with E-state index in [2.05, 4.69) is 36.0 Å². The van der Waals surface area contributed by atoms with Crippen molar-refractivity contribution in [2.24, 2.45) is 0 Å². The number of aromatic nitrogens is 3. The normalized spacial score (nSPS) is 15.2. The van der Waals surface area contributed by atoms with Crippen LogP contribution in [0.4, 0.5) is 10.5 Å². The Balaban J connectivity index is 1.55. The van der Waals surface area contributed by atoms with E-state index < -0.39 is 17.6 Å². The summed E-state index contributed by atoms with van der Waals surface area (Å²) in [5.41, 5.74) is 1.91. The van der Waals surface area contributed by atoms with Gasteiger partial charge in [0.15, 0.2) is 5.65 Å². The number of amides is 2. The quantitative estimate of drug-likeness (QED) is 0.402. The molecule has 1 aliphatic heterocycles. The molecule has 1 aromatic carbocycles. The molecule has 3 aromatic rings. The minimum atomic E-state index is -0.637. The van der Waals surface area contributed by atoms with E-state index in [1.165, 1.54) is 0 Å². The Hall–Kier alpha value is -2.85. The number of carbonyl (C=O) groups is 2. The van der Waals surface area contributed by atoms with Crippen LogP contribution in [0.2, 0.25) is 5.02 Å². The van der Waals surface area contributed by atoms with E-state index in [0.29, 0.717) is 31.2 Å². The zero-order valence-electron chi connectivity index (χ0n) is 22.4. The minimum Gasteiger partial charge on any atom is -0.444 e. The maximum atomic E-state index is 14.0. The van der Waals surface area contributed by atoms with Crippen LogP contribution in [0.25, 0.3) is 11.0 Å². The average molecular weight is 606 g/mol. The van der Waals surface area contributed by atoms with Crippen molar-refractivity contribution in [1.29, 1.82) is 0 Å². The van der Waals surface area contributed by atoms with Crippen LogP contribution in [0.1, 0.15) is 46.1 Å². The molecule has 4 rings (SSSR count). The second kappa shape index (κ2) is 11.5. The molecule has 0 bridgehead atoms. The zero-order chi connectivity index (χ0) is 27.6. The Labute approximate surface area is 236 Å². The van der Waals surface area contributed by atoms with E-state index in [1.54, 1.807) is 29.4 Å². The Kier molecular flexibility index (Phi) is 8.52. The fourth-order valence-electron chi connectivity index (χ4n) is 4.59. The first-order valence-corrected chi connectivity index (χ1v) is 13.9. The Morgan fingerprint density at radius 2 is 1.79 bits per heavy atom. The average Bonchev–Trinajstić information content (AvgIpc) is 3.32. The third-order valence-electron chi connectivity index (χ3n) is 6.52. The first kappa shape index (κ1) is 28.2. The highest BCUT2D eigenvalue weighted by Crippen LogP contribution is 2.33. The van der Waals surface area contributed by atoms with E-state index >= 15 is 0 Å². The molecule has 0 saturated carbocycles. The molecule has 0 spiro atoms. The number of hydrogen-bond donors (Lipinski definition) is 1. The van der Waals surface area contributed by atoms with Crippen molar-refractivity contribution < 1.29 is 14.3 Å². The van der Waals surface area contributed by atoms with Gasteiger partial charge in [0.05, 0.1) is 27.7 Å². The summed E-state index contributed by atoms with van der Waals surface area (Å²) in [5.74, 6) is -0.578. The molecule has 1 unspecified atom stereocenters. The summed E-state index contributed by atoms with van der Waals surface area (Å²) in [6.45, 7) is 12.0. The first-order chi connectivity index (χ1) is 17.9. The molecule has 38 heavy (non-hydrogen) atoms. The molecule has 1 atom stereocenters. The molecule has 2 amide bonds. The van der Waals surface area contributed by atoms with Crippen LogP contribution in [0.3, 0.4) is 0 Å². The van der Waals surface area contributed by atoms with Gasteiger partial charge < -0.3 is 19.4 Å². The number of H-pyrrole nitrogens is 1. The number of anilines is 1. The highest BCUT2D eigenvalue weighted by molar-refractivity contribution is 9.10. The molecule has 0 radical (unpaired) electrons. The van der Waals surface area contributed by atoms with E-state index in [4.69, 9.17) is 16.3 Å². The summed E-state index contributed by atoms with van der Waals surface area (Å²) in [6, 6.07) is 7.13. The topological polar surface area (TPSA) is 94.7 Å². The number of nitrogens with zero attached hydrogens (tertiary/aromatic N) is 5. The second-order valence-corrected chi connectivity index (χ2v) is 12.0. The maximum Gasteiger partial charge on any atom is 0.410 e. The van der Waals surface area contributed by atoms with Gasteiger partial charge in [0, 0.05) is 50.0 Å². The monoisotopic (exact) mass is 604 g/mol. The van der Waals surface area contributed by atoms with Crippen molar-refractivity contribution in [3.63, 3.8) is 0 Å². The summed E-state index contributed by atoms with van der Waals surface area (Å²) in [7, 11) is 0. The maximum absolute atomic E-state index is 14.0. The van der Waals surface area contributed by atoms with Crippen LogP contribution in [-0.4, -0.2) is 81.3 Å². The lowest BCUT2D eigenvalue weighted by Gasteiger charge is -2.39. The van der Waals surface area contributed by atoms with Crippen LogP contribution in [0, 0.1) is 0 Å². The fraction of sp³-hybridized carbons (Fsp3) is 0.481. The van der Waals surface area contributed by atoms with E-state index in [9.17, 15) is 9.59 Å². The largest absolute Gasteiger partial charge is 0.444 e. The number of fused-ring (bicyclic) bond motifs is 1. The molecular formula is C27H34BrClN6O3. The van der Waals surface area contributed by atoms with Crippen molar-refractivity contribution in [2.75, 3.05) is 37.6 Å². The van der Waals surface area contributed by atoms with Gasteiger partial charge in [-0.3, -0.25) is 9.89 Å². The summed E-state index contributed by atoms with van der Waals surface area (Å²) in [5, 5.41) is 8.57. The first-order valence-electron chi connectivity index (χ1n) is 12.7. The van der Waals surface area contributed by atoms with Gasteiger partial charge in [0.2, 0.25) is 5.91 Å².